The van der Waals surface area contributed by atoms with E-state index >= 15 is 0 Å². The summed E-state index contributed by atoms with van der Waals surface area (Å²) >= 11 is 0. The lowest BCUT2D eigenvalue weighted by Gasteiger charge is -2.19. The standard InChI is InChI=1S/C15H14F3N3O3/c1-7(2)11-13(22)19-6-9-4-3-8(5-10(9)23-11)12-20-14(24-21-12)15(16,17)18/h3-5,7,11H,6H2,1-2H3,(H,19,22)/t11-/m0/s1. The quantitative estimate of drug-likeness (QED) is 0.909. The van der Waals surface area contributed by atoms with Crippen molar-refractivity contribution in [1.82, 2.24) is 15.5 Å². The fourth-order valence-corrected chi connectivity index (χ4v) is 2.32. The number of nitrogens with zero attached hydrogens (tertiary/aromatic N) is 2. The third-order valence-corrected chi connectivity index (χ3v) is 3.56. The van der Waals surface area contributed by atoms with Crippen molar-refractivity contribution in [1.29, 1.82) is 0 Å². The highest BCUT2D eigenvalue weighted by atomic mass is 19.4. The first kappa shape index (κ1) is 16.3. The van der Waals surface area contributed by atoms with Gasteiger partial charge in [-0.05, 0) is 12.0 Å². The molecule has 1 amide bonds. The number of carbonyl (C=O) groups is 1. The predicted octanol–water partition coefficient (Wildman–Crippen LogP) is 2.79. The van der Waals surface area contributed by atoms with E-state index in [0.717, 1.165) is 5.56 Å². The molecule has 1 aromatic heterocycles. The van der Waals surface area contributed by atoms with Gasteiger partial charge in [-0.1, -0.05) is 31.1 Å². The molecule has 1 aromatic carbocycles. The Morgan fingerprint density at radius 1 is 1.33 bits per heavy atom. The van der Waals surface area contributed by atoms with E-state index in [0.29, 0.717) is 11.3 Å². The van der Waals surface area contributed by atoms with Crippen LogP contribution in [-0.2, 0) is 17.5 Å². The summed E-state index contributed by atoms with van der Waals surface area (Å²) in [6, 6.07) is 4.71. The summed E-state index contributed by atoms with van der Waals surface area (Å²) in [7, 11) is 0. The molecule has 3 rings (SSSR count). The Hall–Kier alpha value is -2.58. The van der Waals surface area contributed by atoms with Crippen LogP contribution in [0.3, 0.4) is 0 Å². The molecule has 0 aliphatic carbocycles. The molecule has 1 atom stereocenters. The first-order chi connectivity index (χ1) is 11.3. The van der Waals surface area contributed by atoms with Gasteiger partial charge in [0.05, 0.1) is 0 Å². The largest absolute Gasteiger partial charge is 0.480 e. The van der Waals surface area contributed by atoms with E-state index in [1.165, 1.54) is 6.07 Å². The summed E-state index contributed by atoms with van der Waals surface area (Å²) in [4.78, 5) is 15.3. The average molecular weight is 341 g/mol. The zero-order valence-electron chi connectivity index (χ0n) is 12.8. The maximum absolute atomic E-state index is 12.6. The van der Waals surface area contributed by atoms with Gasteiger partial charge < -0.3 is 14.6 Å². The number of aromatic nitrogens is 2. The zero-order valence-corrected chi connectivity index (χ0v) is 12.8. The first-order valence-electron chi connectivity index (χ1n) is 7.24. The molecule has 1 aliphatic heterocycles. The number of ether oxygens (including phenoxy) is 1. The first-order valence-corrected chi connectivity index (χ1v) is 7.24. The minimum Gasteiger partial charge on any atom is -0.480 e. The number of benzene rings is 1. The fraction of sp³-hybridized carbons (Fsp3) is 0.400. The van der Waals surface area contributed by atoms with E-state index in [9.17, 15) is 18.0 Å². The minimum absolute atomic E-state index is 0.0680. The summed E-state index contributed by atoms with van der Waals surface area (Å²) in [5, 5.41) is 6.10. The predicted molar refractivity (Wildman–Crippen MR) is 75.8 cm³/mol. The fourth-order valence-electron chi connectivity index (χ4n) is 2.32. The van der Waals surface area contributed by atoms with Crippen LogP contribution >= 0.6 is 0 Å². The smallest absolute Gasteiger partial charge is 0.471 e. The van der Waals surface area contributed by atoms with Crippen molar-refractivity contribution in [3.8, 4) is 17.1 Å². The molecule has 0 saturated heterocycles. The lowest BCUT2D eigenvalue weighted by Crippen LogP contribution is -2.39. The van der Waals surface area contributed by atoms with Crippen molar-refractivity contribution in [2.75, 3.05) is 0 Å². The minimum atomic E-state index is -4.70. The summed E-state index contributed by atoms with van der Waals surface area (Å²) in [6.07, 6.45) is -5.38. The lowest BCUT2D eigenvalue weighted by molar-refractivity contribution is -0.159. The topological polar surface area (TPSA) is 77.2 Å². The van der Waals surface area contributed by atoms with Crippen LogP contribution in [0.1, 0.15) is 25.3 Å². The molecular weight excluding hydrogens is 327 g/mol. The molecule has 1 N–H and O–H groups in total. The molecule has 1 aliphatic rings. The van der Waals surface area contributed by atoms with Crippen molar-refractivity contribution in [2.45, 2.75) is 32.7 Å². The van der Waals surface area contributed by atoms with Crippen molar-refractivity contribution in [3.63, 3.8) is 0 Å². The van der Waals surface area contributed by atoms with Gasteiger partial charge >= 0.3 is 12.1 Å². The Bertz CT molecular complexity index is 771. The number of hydrogen-bond acceptors (Lipinski definition) is 5. The van der Waals surface area contributed by atoms with Gasteiger partial charge in [0.1, 0.15) is 5.75 Å². The van der Waals surface area contributed by atoms with Crippen LogP contribution in [0.25, 0.3) is 11.4 Å². The summed E-state index contributed by atoms with van der Waals surface area (Å²) in [6.45, 7) is 3.96. The third-order valence-electron chi connectivity index (χ3n) is 3.56. The van der Waals surface area contributed by atoms with Gasteiger partial charge in [0.25, 0.3) is 5.91 Å². The number of nitrogens with one attached hydrogen (secondary N) is 1. The van der Waals surface area contributed by atoms with Gasteiger partial charge in [0.2, 0.25) is 5.82 Å². The highest BCUT2D eigenvalue weighted by molar-refractivity contribution is 5.82. The third kappa shape index (κ3) is 3.06. The number of carbonyl (C=O) groups excluding carboxylic acids is 1. The van der Waals surface area contributed by atoms with Crippen LogP contribution in [0.15, 0.2) is 22.7 Å². The van der Waals surface area contributed by atoms with E-state index in [2.05, 4.69) is 20.0 Å². The normalized spacial score (nSPS) is 17.9. The number of hydrogen-bond donors (Lipinski definition) is 1. The molecule has 2 aromatic rings. The number of halogens is 3. The molecule has 24 heavy (non-hydrogen) atoms. The molecule has 0 radical (unpaired) electrons. The maximum Gasteiger partial charge on any atom is 0.471 e. The van der Waals surface area contributed by atoms with Gasteiger partial charge in [0.15, 0.2) is 6.10 Å². The SMILES string of the molecule is CC(C)[C@@H]1Oc2cc(-c3noc(C(F)(F)F)n3)ccc2CNC1=O. The van der Waals surface area contributed by atoms with Crippen molar-refractivity contribution in [3.05, 3.63) is 29.7 Å². The second-order valence-corrected chi connectivity index (χ2v) is 5.74. The van der Waals surface area contributed by atoms with Crippen LogP contribution < -0.4 is 10.1 Å². The van der Waals surface area contributed by atoms with E-state index < -0.39 is 18.2 Å². The summed E-state index contributed by atoms with van der Waals surface area (Å²) in [5.41, 5.74) is 1.03. The number of amides is 1. The van der Waals surface area contributed by atoms with Gasteiger partial charge in [-0.15, -0.1) is 0 Å². The zero-order chi connectivity index (χ0) is 17.5. The van der Waals surface area contributed by atoms with E-state index in [1.807, 2.05) is 13.8 Å². The second kappa shape index (κ2) is 5.81. The lowest BCUT2D eigenvalue weighted by atomic mass is 10.1. The van der Waals surface area contributed by atoms with Crippen LogP contribution in [0.2, 0.25) is 0 Å². The Balaban J connectivity index is 1.95. The van der Waals surface area contributed by atoms with Crippen LogP contribution in [0.4, 0.5) is 13.2 Å². The average Bonchev–Trinajstić information content (AvgIpc) is 2.94. The molecule has 128 valence electrons. The Labute approximate surface area is 135 Å². The number of rotatable bonds is 2. The second-order valence-electron chi connectivity index (χ2n) is 5.74. The molecule has 0 spiro atoms. The van der Waals surface area contributed by atoms with Gasteiger partial charge in [0, 0.05) is 17.7 Å². The van der Waals surface area contributed by atoms with E-state index in [4.69, 9.17) is 4.74 Å². The molecule has 0 fully saturated rings. The Morgan fingerprint density at radius 2 is 2.08 bits per heavy atom. The van der Waals surface area contributed by atoms with E-state index in [-0.39, 0.29) is 24.2 Å². The molecule has 9 heteroatoms. The highest BCUT2D eigenvalue weighted by Crippen LogP contribution is 2.32. The van der Waals surface area contributed by atoms with Gasteiger partial charge in [-0.2, -0.15) is 18.2 Å². The summed E-state index contributed by atoms with van der Waals surface area (Å²) < 4.78 is 47.7. The Kier molecular flexibility index (Phi) is 3.94. The number of fused-ring (bicyclic) bond motifs is 1. The van der Waals surface area contributed by atoms with Crippen LogP contribution in [-0.4, -0.2) is 22.2 Å². The van der Waals surface area contributed by atoms with Crippen molar-refractivity contribution >= 4 is 5.91 Å². The molecular formula is C15H14F3N3O3. The van der Waals surface area contributed by atoms with Gasteiger partial charge in [-0.25, -0.2) is 0 Å². The van der Waals surface area contributed by atoms with Crippen LogP contribution in [0, 0.1) is 5.92 Å². The van der Waals surface area contributed by atoms with Crippen LogP contribution in [0.5, 0.6) is 5.75 Å². The molecule has 2 heterocycles. The molecule has 0 unspecified atom stereocenters. The van der Waals surface area contributed by atoms with Crippen molar-refractivity contribution in [2.24, 2.45) is 5.92 Å². The number of alkyl halides is 3. The molecule has 6 nitrogen and oxygen atoms in total. The van der Waals surface area contributed by atoms with E-state index in [1.54, 1.807) is 12.1 Å². The van der Waals surface area contributed by atoms with Crippen molar-refractivity contribution < 1.29 is 27.2 Å². The molecule has 0 bridgehead atoms. The van der Waals surface area contributed by atoms with Gasteiger partial charge in [-0.3, -0.25) is 4.79 Å². The highest BCUT2D eigenvalue weighted by Gasteiger charge is 2.38. The maximum atomic E-state index is 12.6. The monoisotopic (exact) mass is 341 g/mol. The molecule has 0 saturated carbocycles. The summed E-state index contributed by atoms with van der Waals surface area (Å²) in [5.74, 6) is -1.50. The Morgan fingerprint density at radius 3 is 2.71 bits per heavy atom.